The van der Waals surface area contributed by atoms with Crippen molar-refractivity contribution in [1.82, 2.24) is 4.98 Å². The Balaban J connectivity index is 1.44. The highest BCUT2D eigenvalue weighted by atomic mass is 32.1. The highest BCUT2D eigenvalue weighted by Crippen LogP contribution is 2.30. The van der Waals surface area contributed by atoms with Crippen LogP contribution in [0.2, 0.25) is 0 Å². The Kier molecular flexibility index (Phi) is 4.82. The number of Topliss-reactive ketones (excluding diaryl/α,β-unsaturated/α-hetero) is 1. The number of benzene rings is 3. The maximum Gasteiger partial charge on any atom is 0.270 e. The lowest BCUT2D eigenvalue weighted by molar-refractivity contribution is -0.384. The van der Waals surface area contributed by atoms with Gasteiger partial charge in [-0.1, -0.05) is 24.3 Å². The van der Waals surface area contributed by atoms with Gasteiger partial charge in [0.25, 0.3) is 5.69 Å². The van der Waals surface area contributed by atoms with E-state index >= 15 is 0 Å². The third-order valence-corrected chi connectivity index (χ3v) is 5.34. The molecule has 0 bridgehead atoms. The summed E-state index contributed by atoms with van der Waals surface area (Å²) in [5, 5.41) is 14.8. The van der Waals surface area contributed by atoms with Crippen LogP contribution >= 0.6 is 11.3 Å². The summed E-state index contributed by atoms with van der Waals surface area (Å²) in [6.07, 6.45) is 0. The summed E-state index contributed by atoms with van der Waals surface area (Å²) in [5.41, 5.74) is 3.01. The van der Waals surface area contributed by atoms with Crippen LogP contribution in [0.15, 0.2) is 72.8 Å². The van der Waals surface area contributed by atoms with Gasteiger partial charge in [-0.05, 0) is 36.4 Å². The van der Waals surface area contributed by atoms with Crippen LogP contribution in [0.5, 0.6) is 0 Å². The quantitative estimate of drug-likeness (QED) is 0.279. The third kappa shape index (κ3) is 3.74. The molecule has 0 aliphatic carbocycles. The van der Waals surface area contributed by atoms with E-state index in [9.17, 15) is 14.9 Å². The summed E-state index contributed by atoms with van der Waals surface area (Å²) in [4.78, 5) is 27.3. The van der Waals surface area contributed by atoms with Gasteiger partial charge in [-0.2, -0.15) is 0 Å². The Morgan fingerprint density at radius 3 is 2.57 bits per heavy atom. The summed E-state index contributed by atoms with van der Waals surface area (Å²) in [7, 11) is 0. The smallest absolute Gasteiger partial charge is 0.270 e. The Hall–Kier alpha value is -3.58. The van der Waals surface area contributed by atoms with Crippen molar-refractivity contribution in [2.45, 2.75) is 0 Å². The van der Waals surface area contributed by atoms with Crippen LogP contribution in [0.25, 0.3) is 20.8 Å². The number of hydrogen-bond donors (Lipinski definition) is 1. The molecule has 4 rings (SSSR count). The minimum atomic E-state index is -0.509. The van der Waals surface area contributed by atoms with Crippen molar-refractivity contribution in [2.24, 2.45) is 0 Å². The average Bonchev–Trinajstić information content (AvgIpc) is 3.16. The van der Waals surface area contributed by atoms with Crippen LogP contribution < -0.4 is 5.32 Å². The molecule has 0 aliphatic rings. The zero-order valence-electron chi connectivity index (χ0n) is 14.7. The van der Waals surface area contributed by atoms with Crippen molar-refractivity contribution < 1.29 is 9.72 Å². The van der Waals surface area contributed by atoms with Gasteiger partial charge >= 0.3 is 0 Å². The number of rotatable bonds is 6. The van der Waals surface area contributed by atoms with E-state index in [-0.39, 0.29) is 18.0 Å². The molecule has 138 valence electrons. The predicted molar refractivity (Wildman–Crippen MR) is 111 cm³/mol. The van der Waals surface area contributed by atoms with Crippen molar-refractivity contribution in [2.75, 3.05) is 11.9 Å². The first-order valence-electron chi connectivity index (χ1n) is 8.58. The number of thiazole rings is 1. The van der Waals surface area contributed by atoms with Crippen LogP contribution in [-0.2, 0) is 0 Å². The number of carbonyl (C=O) groups excluding carboxylic acids is 1. The van der Waals surface area contributed by atoms with E-state index in [2.05, 4.69) is 10.3 Å². The molecule has 4 aromatic rings. The van der Waals surface area contributed by atoms with Gasteiger partial charge in [0.1, 0.15) is 5.01 Å². The number of nitro groups is 1. The lowest BCUT2D eigenvalue weighted by Gasteiger charge is -2.06. The molecule has 0 atom stereocenters. The molecule has 3 aromatic carbocycles. The number of nitrogens with zero attached hydrogens (tertiary/aromatic N) is 2. The van der Waals surface area contributed by atoms with E-state index in [1.54, 1.807) is 17.4 Å². The molecule has 0 saturated heterocycles. The zero-order valence-corrected chi connectivity index (χ0v) is 15.5. The zero-order chi connectivity index (χ0) is 19.5. The van der Waals surface area contributed by atoms with E-state index in [0.29, 0.717) is 5.56 Å². The average molecular weight is 389 g/mol. The minimum Gasteiger partial charge on any atom is -0.378 e. The number of hydrogen-bond acceptors (Lipinski definition) is 6. The van der Waals surface area contributed by atoms with Gasteiger partial charge in [-0.25, -0.2) is 4.98 Å². The van der Waals surface area contributed by atoms with Crippen molar-refractivity contribution in [3.8, 4) is 10.6 Å². The standard InChI is InChI=1S/C21H15N3O3S/c25-19(15-4-3-5-17(12-15)24(26)27)13-22-16-10-8-14(9-11-16)21-23-18-6-1-2-7-20(18)28-21/h1-12,22H,13H2. The topological polar surface area (TPSA) is 85.1 Å². The minimum absolute atomic E-state index is 0.0572. The SMILES string of the molecule is O=C(CNc1ccc(-c2nc3ccccc3s2)cc1)c1cccc([N+](=O)[O-])c1. The van der Waals surface area contributed by atoms with E-state index in [1.165, 1.54) is 18.2 Å². The molecule has 0 amide bonds. The van der Waals surface area contributed by atoms with Crippen LogP contribution in [0.1, 0.15) is 10.4 Å². The first-order valence-corrected chi connectivity index (χ1v) is 9.39. The van der Waals surface area contributed by atoms with Gasteiger partial charge in [0.05, 0.1) is 21.7 Å². The lowest BCUT2D eigenvalue weighted by Crippen LogP contribution is -2.14. The Labute approximate surface area is 164 Å². The van der Waals surface area contributed by atoms with Gasteiger partial charge in [0.15, 0.2) is 5.78 Å². The third-order valence-electron chi connectivity index (χ3n) is 4.26. The summed E-state index contributed by atoms with van der Waals surface area (Å²) in [6, 6.07) is 21.4. The number of ketones is 1. The monoisotopic (exact) mass is 389 g/mol. The first kappa shape index (κ1) is 17.8. The number of fused-ring (bicyclic) bond motifs is 1. The molecular formula is C21H15N3O3S. The number of non-ortho nitro benzene ring substituents is 1. The number of anilines is 1. The summed E-state index contributed by atoms with van der Waals surface area (Å²) < 4.78 is 1.14. The molecule has 6 nitrogen and oxygen atoms in total. The van der Waals surface area contributed by atoms with E-state index in [4.69, 9.17) is 0 Å². The molecule has 0 aliphatic heterocycles. The molecule has 1 N–H and O–H groups in total. The second-order valence-electron chi connectivity index (χ2n) is 6.15. The highest BCUT2D eigenvalue weighted by molar-refractivity contribution is 7.21. The maximum atomic E-state index is 12.3. The first-order chi connectivity index (χ1) is 13.6. The number of carbonyl (C=O) groups is 1. The van der Waals surface area contributed by atoms with Gasteiger partial charge in [-0.3, -0.25) is 14.9 Å². The molecule has 0 radical (unpaired) electrons. The molecule has 28 heavy (non-hydrogen) atoms. The second-order valence-corrected chi connectivity index (χ2v) is 7.18. The fourth-order valence-corrected chi connectivity index (χ4v) is 3.77. The van der Waals surface area contributed by atoms with Gasteiger partial charge < -0.3 is 5.32 Å². The molecule has 0 saturated carbocycles. The van der Waals surface area contributed by atoms with Crippen molar-refractivity contribution >= 4 is 38.7 Å². The predicted octanol–water partition coefficient (Wildman–Crippen LogP) is 5.17. The fourth-order valence-electron chi connectivity index (χ4n) is 2.80. The Morgan fingerprint density at radius 2 is 1.82 bits per heavy atom. The molecule has 0 fully saturated rings. The molecule has 1 heterocycles. The lowest BCUT2D eigenvalue weighted by atomic mass is 10.1. The van der Waals surface area contributed by atoms with Gasteiger partial charge in [0, 0.05) is 28.9 Å². The summed E-state index contributed by atoms with van der Waals surface area (Å²) >= 11 is 1.63. The Morgan fingerprint density at radius 1 is 1.04 bits per heavy atom. The normalized spacial score (nSPS) is 10.7. The molecule has 0 spiro atoms. The fraction of sp³-hybridized carbons (Fsp3) is 0.0476. The highest BCUT2D eigenvalue weighted by Gasteiger charge is 2.11. The molecule has 1 aromatic heterocycles. The molecular weight excluding hydrogens is 374 g/mol. The van der Waals surface area contributed by atoms with E-state index in [0.717, 1.165) is 26.5 Å². The van der Waals surface area contributed by atoms with Gasteiger partial charge in [0.2, 0.25) is 0 Å². The van der Waals surface area contributed by atoms with Crippen molar-refractivity contribution in [3.63, 3.8) is 0 Å². The van der Waals surface area contributed by atoms with E-state index in [1.807, 2.05) is 48.5 Å². The van der Waals surface area contributed by atoms with Crippen LogP contribution in [0.3, 0.4) is 0 Å². The Bertz CT molecular complexity index is 1140. The second kappa shape index (κ2) is 7.58. The number of nitrogens with one attached hydrogen (secondary N) is 1. The van der Waals surface area contributed by atoms with E-state index < -0.39 is 4.92 Å². The van der Waals surface area contributed by atoms with Crippen molar-refractivity contribution in [3.05, 3.63) is 88.5 Å². The molecule has 7 heteroatoms. The largest absolute Gasteiger partial charge is 0.378 e. The van der Waals surface area contributed by atoms with Crippen LogP contribution in [0, 0.1) is 10.1 Å². The van der Waals surface area contributed by atoms with Crippen LogP contribution in [0.4, 0.5) is 11.4 Å². The van der Waals surface area contributed by atoms with Gasteiger partial charge in [-0.15, -0.1) is 11.3 Å². The summed E-state index contributed by atoms with van der Waals surface area (Å²) in [5.74, 6) is -0.209. The van der Waals surface area contributed by atoms with Crippen molar-refractivity contribution in [1.29, 1.82) is 0 Å². The molecule has 0 unspecified atom stereocenters. The number of aromatic nitrogens is 1. The number of nitro benzene ring substituents is 1. The number of para-hydroxylation sites is 1. The summed E-state index contributed by atoms with van der Waals surface area (Å²) in [6.45, 7) is 0.0572. The maximum absolute atomic E-state index is 12.3. The van der Waals surface area contributed by atoms with Crippen LogP contribution in [-0.4, -0.2) is 22.2 Å².